The number of carbonyl (C=O) groups is 1. The van der Waals surface area contributed by atoms with Crippen LogP contribution in [0.3, 0.4) is 0 Å². The second-order valence-corrected chi connectivity index (χ2v) is 6.36. The van der Waals surface area contributed by atoms with Crippen molar-refractivity contribution in [3.05, 3.63) is 34.9 Å². The maximum absolute atomic E-state index is 11.6. The smallest absolute Gasteiger partial charge is 0.408 e. The van der Waals surface area contributed by atoms with Crippen LogP contribution in [0.25, 0.3) is 0 Å². The molecule has 0 aliphatic carbocycles. The van der Waals surface area contributed by atoms with E-state index in [2.05, 4.69) is 0 Å². The van der Waals surface area contributed by atoms with Gasteiger partial charge in [0.15, 0.2) is 0 Å². The fourth-order valence-corrected chi connectivity index (χ4v) is 3.25. The highest BCUT2D eigenvalue weighted by molar-refractivity contribution is 6.30. The summed E-state index contributed by atoms with van der Waals surface area (Å²) in [5, 5.41) is 20.6. The van der Waals surface area contributed by atoms with Crippen molar-refractivity contribution >= 4 is 17.7 Å². The second kappa shape index (κ2) is 5.62. The van der Waals surface area contributed by atoms with Crippen molar-refractivity contribution in [3.63, 3.8) is 0 Å². The molecule has 110 valence electrons. The zero-order chi connectivity index (χ0) is 14.9. The SMILES string of the molecule is CC1(C)CCCC([C@@H](O)c2cccc(Cl)c2)N1C(=O)O. The summed E-state index contributed by atoms with van der Waals surface area (Å²) >= 11 is 5.94. The lowest BCUT2D eigenvalue weighted by atomic mass is 9.83. The van der Waals surface area contributed by atoms with Gasteiger partial charge >= 0.3 is 6.09 Å². The molecule has 2 rings (SSSR count). The predicted molar refractivity (Wildman–Crippen MR) is 78.0 cm³/mol. The van der Waals surface area contributed by atoms with Crippen molar-refractivity contribution < 1.29 is 15.0 Å². The van der Waals surface area contributed by atoms with E-state index in [1.165, 1.54) is 4.90 Å². The number of aliphatic hydroxyl groups excluding tert-OH is 1. The Balaban J connectivity index is 2.31. The molecule has 1 saturated heterocycles. The quantitative estimate of drug-likeness (QED) is 0.875. The van der Waals surface area contributed by atoms with Crippen LogP contribution in [0.4, 0.5) is 4.79 Å². The molecule has 0 spiro atoms. The number of hydrogen-bond donors (Lipinski definition) is 2. The molecule has 0 radical (unpaired) electrons. The Kier molecular flexibility index (Phi) is 4.25. The van der Waals surface area contributed by atoms with Crippen LogP contribution >= 0.6 is 11.6 Å². The Hall–Kier alpha value is -1.26. The Morgan fingerprint density at radius 3 is 2.80 bits per heavy atom. The van der Waals surface area contributed by atoms with Crippen molar-refractivity contribution in [2.75, 3.05) is 0 Å². The molecule has 1 aromatic rings. The molecule has 1 aliphatic heterocycles. The summed E-state index contributed by atoms with van der Waals surface area (Å²) in [5.41, 5.74) is 0.195. The molecule has 5 heteroatoms. The fraction of sp³-hybridized carbons (Fsp3) is 0.533. The third kappa shape index (κ3) is 2.91. The zero-order valence-corrected chi connectivity index (χ0v) is 12.5. The van der Waals surface area contributed by atoms with Gasteiger partial charge < -0.3 is 10.2 Å². The Bertz CT molecular complexity index is 504. The lowest BCUT2D eigenvalue weighted by Crippen LogP contribution is -2.57. The molecule has 1 aromatic carbocycles. The first kappa shape index (κ1) is 15.1. The molecule has 1 amide bonds. The molecule has 4 nitrogen and oxygen atoms in total. The monoisotopic (exact) mass is 297 g/mol. The van der Waals surface area contributed by atoms with E-state index in [0.717, 1.165) is 12.8 Å². The predicted octanol–water partition coefficient (Wildman–Crippen LogP) is 3.68. The number of hydrogen-bond acceptors (Lipinski definition) is 2. The van der Waals surface area contributed by atoms with E-state index in [1.807, 2.05) is 13.8 Å². The zero-order valence-electron chi connectivity index (χ0n) is 11.7. The molecule has 1 unspecified atom stereocenters. The van der Waals surface area contributed by atoms with Gasteiger partial charge in [-0.3, -0.25) is 4.90 Å². The van der Waals surface area contributed by atoms with E-state index in [1.54, 1.807) is 24.3 Å². The van der Waals surface area contributed by atoms with Gasteiger partial charge in [0.25, 0.3) is 0 Å². The summed E-state index contributed by atoms with van der Waals surface area (Å²) in [7, 11) is 0. The van der Waals surface area contributed by atoms with Crippen LogP contribution in [0, 0.1) is 0 Å². The molecule has 1 aliphatic rings. The fourth-order valence-electron chi connectivity index (χ4n) is 3.05. The number of likely N-dealkylation sites (tertiary alicyclic amines) is 1. The van der Waals surface area contributed by atoms with Gasteiger partial charge in [0.05, 0.1) is 12.1 Å². The summed E-state index contributed by atoms with van der Waals surface area (Å²) < 4.78 is 0. The van der Waals surface area contributed by atoms with Gasteiger partial charge in [0, 0.05) is 10.6 Å². The van der Waals surface area contributed by atoms with E-state index >= 15 is 0 Å². The van der Waals surface area contributed by atoms with Crippen molar-refractivity contribution in [2.45, 2.75) is 50.8 Å². The van der Waals surface area contributed by atoms with Gasteiger partial charge in [-0.15, -0.1) is 0 Å². The van der Waals surface area contributed by atoms with Crippen molar-refractivity contribution in [1.29, 1.82) is 0 Å². The number of piperidine rings is 1. The van der Waals surface area contributed by atoms with Crippen LogP contribution in [0.2, 0.25) is 5.02 Å². The topological polar surface area (TPSA) is 60.8 Å². The standard InChI is InChI=1S/C15H20ClNO3/c1-15(2)8-4-7-12(17(15)14(19)20)13(18)10-5-3-6-11(16)9-10/h3,5-6,9,12-13,18H,4,7-8H2,1-2H3,(H,19,20)/t12?,13-/m0/s1. The Morgan fingerprint density at radius 1 is 1.50 bits per heavy atom. The van der Waals surface area contributed by atoms with E-state index in [4.69, 9.17) is 11.6 Å². The van der Waals surface area contributed by atoms with Crippen LogP contribution in [0.15, 0.2) is 24.3 Å². The van der Waals surface area contributed by atoms with E-state index in [0.29, 0.717) is 17.0 Å². The van der Waals surface area contributed by atoms with Gasteiger partial charge in [-0.25, -0.2) is 4.79 Å². The first-order valence-electron chi connectivity index (χ1n) is 6.79. The van der Waals surface area contributed by atoms with Gasteiger partial charge in [0.2, 0.25) is 0 Å². The van der Waals surface area contributed by atoms with Gasteiger partial charge in [0.1, 0.15) is 0 Å². The number of nitrogens with zero attached hydrogens (tertiary/aromatic N) is 1. The molecule has 20 heavy (non-hydrogen) atoms. The van der Waals surface area contributed by atoms with Crippen LogP contribution in [0.5, 0.6) is 0 Å². The van der Waals surface area contributed by atoms with Crippen LogP contribution < -0.4 is 0 Å². The summed E-state index contributed by atoms with van der Waals surface area (Å²) in [6, 6.07) is 6.53. The van der Waals surface area contributed by atoms with E-state index in [-0.39, 0.29) is 0 Å². The van der Waals surface area contributed by atoms with Crippen molar-refractivity contribution in [3.8, 4) is 0 Å². The highest BCUT2D eigenvalue weighted by Gasteiger charge is 2.42. The van der Waals surface area contributed by atoms with Crippen molar-refractivity contribution in [2.24, 2.45) is 0 Å². The molecule has 2 N–H and O–H groups in total. The van der Waals surface area contributed by atoms with Gasteiger partial charge in [-0.05, 0) is 50.8 Å². The summed E-state index contributed by atoms with van der Waals surface area (Å²) in [4.78, 5) is 13.0. The number of carboxylic acid groups (broad SMARTS) is 1. The summed E-state index contributed by atoms with van der Waals surface area (Å²) in [5.74, 6) is 0. The minimum absolute atomic E-state index is 0.435. The molecular formula is C15H20ClNO3. The highest BCUT2D eigenvalue weighted by Crippen LogP contribution is 2.37. The summed E-state index contributed by atoms with van der Waals surface area (Å²) in [6.07, 6.45) is 0.519. The van der Waals surface area contributed by atoms with Crippen LogP contribution in [0.1, 0.15) is 44.8 Å². The molecule has 0 saturated carbocycles. The third-order valence-corrected chi connectivity index (χ3v) is 4.27. The Morgan fingerprint density at radius 2 is 2.20 bits per heavy atom. The Labute approximate surface area is 124 Å². The van der Waals surface area contributed by atoms with Crippen molar-refractivity contribution in [1.82, 2.24) is 4.90 Å². The van der Waals surface area contributed by atoms with Crippen LogP contribution in [-0.4, -0.2) is 32.8 Å². The molecule has 1 fully saturated rings. The number of aliphatic hydroxyl groups is 1. The number of amides is 1. The number of halogens is 1. The van der Waals surface area contributed by atoms with Gasteiger partial charge in [-0.1, -0.05) is 23.7 Å². The second-order valence-electron chi connectivity index (χ2n) is 5.92. The highest BCUT2D eigenvalue weighted by atomic mass is 35.5. The first-order valence-corrected chi connectivity index (χ1v) is 7.16. The lowest BCUT2D eigenvalue weighted by molar-refractivity contribution is -0.0271. The van der Waals surface area contributed by atoms with E-state index < -0.39 is 23.8 Å². The number of rotatable bonds is 2. The molecule has 0 aromatic heterocycles. The lowest BCUT2D eigenvalue weighted by Gasteiger charge is -2.47. The largest absolute Gasteiger partial charge is 0.465 e. The average molecular weight is 298 g/mol. The number of benzene rings is 1. The molecular weight excluding hydrogens is 278 g/mol. The normalized spacial score (nSPS) is 23.4. The average Bonchev–Trinajstić information content (AvgIpc) is 2.35. The minimum atomic E-state index is -0.985. The van der Waals surface area contributed by atoms with E-state index in [9.17, 15) is 15.0 Å². The maximum atomic E-state index is 11.6. The molecule has 1 heterocycles. The third-order valence-electron chi connectivity index (χ3n) is 4.03. The maximum Gasteiger partial charge on any atom is 0.408 e. The van der Waals surface area contributed by atoms with Crippen LogP contribution in [-0.2, 0) is 0 Å². The first-order chi connectivity index (χ1) is 9.33. The summed E-state index contributed by atoms with van der Waals surface area (Å²) in [6.45, 7) is 3.80. The molecule has 0 bridgehead atoms. The molecule has 2 atom stereocenters. The minimum Gasteiger partial charge on any atom is -0.465 e. The van der Waals surface area contributed by atoms with Gasteiger partial charge in [-0.2, -0.15) is 0 Å².